The smallest absolute Gasteiger partial charge is 0.320 e. The van der Waals surface area contributed by atoms with E-state index in [1.807, 2.05) is 11.9 Å². The highest BCUT2D eigenvalue weighted by Gasteiger charge is 2.31. The van der Waals surface area contributed by atoms with E-state index in [0.717, 1.165) is 39.0 Å². The normalized spacial score (nSPS) is 28.7. The van der Waals surface area contributed by atoms with E-state index in [1.54, 1.807) is 4.90 Å². The van der Waals surface area contributed by atoms with Crippen molar-refractivity contribution in [2.75, 3.05) is 53.4 Å². The third-order valence-corrected chi connectivity index (χ3v) is 5.29. The number of piperazine rings is 1. The lowest BCUT2D eigenvalue weighted by Crippen LogP contribution is -2.54. The minimum Gasteiger partial charge on any atom is -0.390 e. The number of likely N-dealkylation sites (N-methyl/N-ethyl adjacent to an activating group) is 2. The Morgan fingerprint density at radius 3 is 2.30 bits per heavy atom. The number of carbonyl (C=O) groups excluding carboxylic acids is 1. The molecule has 2 amide bonds. The van der Waals surface area contributed by atoms with Crippen molar-refractivity contribution < 1.29 is 9.90 Å². The molecule has 2 rings (SSSR count). The average Bonchev–Trinajstić information content (AvgIpc) is 2.49. The van der Waals surface area contributed by atoms with Crippen molar-refractivity contribution in [3.05, 3.63) is 0 Å². The lowest BCUT2D eigenvalue weighted by molar-refractivity contribution is 0.0520. The molecule has 6 heteroatoms. The molecule has 23 heavy (non-hydrogen) atoms. The van der Waals surface area contributed by atoms with Crippen LogP contribution in [0.4, 0.5) is 4.79 Å². The first kappa shape index (κ1) is 18.5. The zero-order valence-corrected chi connectivity index (χ0v) is 15.2. The van der Waals surface area contributed by atoms with Crippen LogP contribution in [0.5, 0.6) is 0 Å². The lowest BCUT2D eigenvalue weighted by Gasteiger charge is -2.41. The number of aliphatic hydroxyl groups excluding tert-OH is 1. The topological polar surface area (TPSA) is 50.3 Å². The van der Waals surface area contributed by atoms with Gasteiger partial charge in [-0.2, -0.15) is 0 Å². The summed E-state index contributed by atoms with van der Waals surface area (Å²) in [7, 11) is 3.94. The van der Waals surface area contributed by atoms with E-state index in [1.165, 1.54) is 6.42 Å². The standard InChI is InChI=1S/C17H34N4O2/c1-14-6-5-7-15(2)21(14)17(23)19(4)12-16(22)13-20-10-8-18(3)9-11-20/h14-16,22H,5-13H2,1-4H3. The number of amides is 2. The molecule has 3 atom stereocenters. The first-order valence-corrected chi connectivity index (χ1v) is 9.01. The number of hydrogen-bond donors (Lipinski definition) is 1. The van der Waals surface area contributed by atoms with Crippen LogP contribution in [0.25, 0.3) is 0 Å². The molecule has 0 saturated carbocycles. The fourth-order valence-corrected chi connectivity index (χ4v) is 3.78. The van der Waals surface area contributed by atoms with Gasteiger partial charge in [-0.05, 0) is 40.2 Å². The second kappa shape index (κ2) is 8.31. The maximum Gasteiger partial charge on any atom is 0.320 e. The molecule has 1 N–H and O–H groups in total. The van der Waals surface area contributed by atoms with E-state index >= 15 is 0 Å². The molecule has 2 aliphatic heterocycles. The van der Waals surface area contributed by atoms with Gasteiger partial charge in [0.1, 0.15) is 0 Å². The number of likely N-dealkylation sites (tertiary alicyclic amines) is 1. The van der Waals surface area contributed by atoms with Gasteiger partial charge in [-0.15, -0.1) is 0 Å². The average molecular weight is 326 g/mol. The summed E-state index contributed by atoms with van der Waals surface area (Å²) >= 11 is 0. The van der Waals surface area contributed by atoms with E-state index in [9.17, 15) is 9.90 Å². The van der Waals surface area contributed by atoms with Crippen LogP contribution in [0.3, 0.4) is 0 Å². The van der Waals surface area contributed by atoms with Gasteiger partial charge in [0.2, 0.25) is 0 Å². The molecule has 2 aliphatic rings. The first-order valence-electron chi connectivity index (χ1n) is 9.01. The predicted molar refractivity (Wildman–Crippen MR) is 92.6 cm³/mol. The van der Waals surface area contributed by atoms with Crippen LogP contribution in [0.2, 0.25) is 0 Å². The van der Waals surface area contributed by atoms with Crippen molar-refractivity contribution in [3.63, 3.8) is 0 Å². The minimum absolute atomic E-state index is 0.0575. The monoisotopic (exact) mass is 326 g/mol. The van der Waals surface area contributed by atoms with Gasteiger partial charge in [-0.1, -0.05) is 0 Å². The second-order valence-electron chi connectivity index (χ2n) is 7.46. The Morgan fingerprint density at radius 1 is 1.17 bits per heavy atom. The summed E-state index contributed by atoms with van der Waals surface area (Å²) in [5, 5.41) is 10.3. The molecule has 2 fully saturated rings. The van der Waals surface area contributed by atoms with E-state index in [-0.39, 0.29) is 6.03 Å². The molecule has 0 spiro atoms. The minimum atomic E-state index is -0.484. The highest BCUT2D eigenvalue weighted by atomic mass is 16.3. The molecule has 0 bridgehead atoms. The molecule has 134 valence electrons. The maximum atomic E-state index is 12.7. The fourth-order valence-electron chi connectivity index (χ4n) is 3.78. The van der Waals surface area contributed by atoms with Crippen LogP contribution in [-0.4, -0.2) is 102 Å². The highest BCUT2D eigenvalue weighted by Crippen LogP contribution is 2.23. The summed E-state index contributed by atoms with van der Waals surface area (Å²) in [6.45, 7) is 9.38. The Bertz CT molecular complexity index is 375. The molecule has 2 heterocycles. The summed E-state index contributed by atoms with van der Waals surface area (Å²) in [5.74, 6) is 0. The molecule has 0 radical (unpaired) electrons. The Kier molecular flexibility index (Phi) is 6.68. The molecule has 6 nitrogen and oxygen atoms in total. The number of nitrogens with zero attached hydrogens (tertiary/aromatic N) is 4. The van der Waals surface area contributed by atoms with Crippen molar-refractivity contribution in [1.29, 1.82) is 0 Å². The Morgan fingerprint density at radius 2 is 1.74 bits per heavy atom. The lowest BCUT2D eigenvalue weighted by atomic mass is 9.98. The summed E-state index contributed by atoms with van der Waals surface area (Å²) in [6, 6.07) is 0.647. The quantitative estimate of drug-likeness (QED) is 0.834. The van der Waals surface area contributed by atoms with Crippen molar-refractivity contribution in [2.24, 2.45) is 0 Å². The number of β-amino-alcohol motifs (C(OH)–C–C–N with tert-alkyl or cyclic N) is 1. The van der Waals surface area contributed by atoms with Crippen LogP contribution in [0.15, 0.2) is 0 Å². The molecule has 3 unspecified atom stereocenters. The molecular formula is C17H34N4O2. The van der Waals surface area contributed by atoms with Crippen LogP contribution >= 0.6 is 0 Å². The van der Waals surface area contributed by atoms with Crippen LogP contribution in [0, 0.1) is 0 Å². The Balaban J connectivity index is 1.80. The van der Waals surface area contributed by atoms with Crippen molar-refractivity contribution >= 4 is 6.03 Å². The molecule has 2 saturated heterocycles. The van der Waals surface area contributed by atoms with Gasteiger partial charge in [-0.25, -0.2) is 4.79 Å². The van der Waals surface area contributed by atoms with Gasteiger partial charge < -0.3 is 19.8 Å². The van der Waals surface area contributed by atoms with Crippen molar-refractivity contribution in [3.8, 4) is 0 Å². The van der Waals surface area contributed by atoms with Gasteiger partial charge in [0.15, 0.2) is 0 Å². The first-order chi connectivity index (χ1) is 10.9. The van der Waals surface area contributed by atoms with Crippen molar-refractivity contribution in [2.45, 2.75) is 51.3 Å². The van der Waals surface area contributed by atoms with Crippen LogP contribution < -0.4 is 0 Å². The number of carbonyl (C=O) groups is 1. The maximum absolute atomic E-state index is 12.7. The van der Waals surface area contributed by atoms with Crippen LogP contribution in [0.1, 0.15) is 33.1 Å². The number of rotatable bonds is 4. The highest BCUT2D eigenvalue weighted by molar-refractivity contribution is 5.75. The van der Waals surface area contributed by atoms with E-state index < -0.39 is 6.10 Å². The largest absolute Gasteiger partial charge is 0.390 e. The predicted octanol–water partition coefficient (Wildman–Crippen LogP) is 0.909. The van der Waals surface area contributed by atoms with E-state index in [0.29, 0.717) is 25.2 Å². The second-order valence-corrected chi connectivity index (χ2v) is 7.46. The zero-order chi connectivity index (χ0) is 17.0. The van der Waals surface area contributed by atoms with Gasteiger partial charge in [0.25, 0.3) is 0 Å². The summed E-state index contributed by atoms with van der Waals surface area (Å²) in [6.07, 6.45) is 2.87. The number of hydrogen-bond acceptors (Lipinski definition) is 4. The Hall–Kier alpha value is -0.850. The number of aliphatic hydroxyl groups is 1. The van der Waals surface area contributed by atoms with Gasteiger partial charge in [0.05, 0.1) is 6.10 Å². The van der Waals surface area contributed by atoms with Crippen LogP contribution in [-0.2, 0) is 0 Å². The SMILES string of the molecule is CC1CCCC(C)N1C(=O)N(C)CC(O)CN1CCN(C)CC1. The Labute approximate surface area is 141 Å². The molecule has 0 aromatic rings. The van der Waals surface area contributed by atoms with E-state index in [4.69, 9.17) is 0 Å². The third-order valence-electron chi connectivity index (χ3n) is 5.29. The van der Waals surface area contributed by atoms with Gasteiger partial charge in [0, 0.05) is 58.4 Å². The molecular weight excluding hydrogens is 292 g/mol. The van der Waals surface area contributed by atoms with Crippen molar-refractivity contribution in [1.82, 2.24) is 19.6 Å². The number of urea groups is 1. The third kappa shape index (κ3) is 5.06. The molecule has 0 aromatic heterocycles. The fraction of sp³-hybridized carbons (Fsp3) is 0.941. The molecule has 0 aliphatic carbocycles. The summed E-state index contributed by atoms with van der Waals surface area (Å²) < 4.78 is 0. The summed E-state index contributed by atoms with van der Waals surface area (Å²) in [4.78, 5) is 21.0. The zero-order valence-electron chi connectivity index (χ0n) is 15.2. The molecule has 0 aromatic carbocycles. The van der Waals surface area contributed by atoms with Gasteiger partial charge in [-0.3, -0.25) is 4.90 Å². The van der Waals surface area contributed by atoms with E-state index in [2.05, 4.69) is 30.7 Å². The van der Waals surface area contributed by atoms with Gasteiger partial charge >= 0.3 is 6.03 Å². The summed E-state index contributed by atoms with van der Waals surface area (Å²) in [5.41, 5.74) is 0. The number of piperidine rings is 1.